The maximum Gasteiger partial charge on any atom is 0.322 e. The molecule has 1 aliphatic rings. The number of benzene rings is 1. The summed E-state index contributed by atoms with van der Waals surface area (Å²) in [5.41, 5.74) is 10.8. The fourth-order valence-electron chi connectivity index (χ4n) is 5.28. The van der Waals surface area contributed by atoms with E-state index in [0.29, 0.717) is 24.3 Å². The molecule has 0 fully saturated rings. The molecule has 8 nitrogen and oxygen atoms in total. The van der Waals surface area contributed by atoms with Crippen molar-refractivity contribution in [2.75, 3.05) is 11.9 Å². The third-order valence-electron chi connectivity index (χ3n) is 8.83. The Balaban J connectivity index is 1.53. The number of pyridine rings is 1. The van der Waals surface area contributed by atoms with Gasteiger partial charge in [0.1, 0.15) is 31.6 Å². The Kier molecular flexibility index (Phi) is 7.24. The van der Waals surface area contributed by atoms with Crippen LogP contribution in [0.4, 0.5) is 10.2 Å². The Bertz CT molecular complexity index is 2000. The van der Waals surface area contributed by atoms with Crippen LogP contribution in [0.3, 0.4) is 0 Å². The minimum Gasteiger partial charge on any atom is -0.421 e. The Morgan fingerprint density at radius 2 is 1.84 bits per heavy atom. The molecule has 1 N–H and O–H groups in total. The number of ether oxygens (including phenoxy) is 1. The summed E-state index contributed by atoms with van der Waals surface area (Å²) in [7, 11) is 0.179. The molecule has 0 saturated heterocycles. The van der Waals surface area contributed by atoms with Crippen LogP contribution in [-0.2, 0) is 13.5 Å². The number of anilines is 1. The highest BCUT2D eigenvalue weighted by Crippen LogP contribution is 2.46. The maximum absolute atomic E-state index is 16.3. The summed E-state index contributed by atoms with van der Waals surface area (Å²) in [6, 6.07) is 7.46. The Labute approximate surface area is 258 Å². The number of aromatic nitrogens is 6. The van der Waals surface area contributed by atoms with Crippen LogP contribution >= 0.6 is 0 Å². The largest absolute Gasteiger partial charge is 0.421 e. The fraction of sp³-hybridized carbons (Fsp3) is 0.324. The van der Waals surface area contributed by atoms with Gasteiger partial charge in [-0.05, 0) is 54.6 Å². The first kappa shape index (κ1) is 29.4. The van der Waals surface area contributed by atoms with Crippen LogP contribution in [0.25, 0.3) is 33.4 Å². The van der Waals surface area contributed by atoms with E-state index >= 15 is 4.39 Å². The van der Waals surface area contributed by atoms with Crippen molar-refractivity contribution in [3.8, 4) is 45.6 Å². The van der Waals surface area contributed by atoms with Crippen LogP contribution in [0.1, 0.15) is 43.3 Å². The van der Waals surface area contributed by atoms with Gasteiger partial charge in [-0.3, -0.25) is 0 Å². The van der Waals surface area contributed by atoms with Crippen molar-refractivity contribution in [3.05, 3.63) is 71.3 Å². The number of nitrogens with zero attached hydrogens (tertiary/aromatic N) is 6. The second-order valence-electron chi connectivity index (χ2n) is 12.9. The predicted octanol–water partition coefficient (Wildman–Crippen LogP) is 7.40. The normalized spacial score (nSPS) is 12.9. The highest BCUT2D eigenvalue weighted by atomic mass is 28.3. The summed E-state index contributed by atoms with van der Waals surface area (Å²) >= 11 is 0. The zero-order chi connectivity index (χ0) is 31.4. The van der Waals surface area contributed by atoms with Crippen molar-refractivity contribution >= 4 is 24.9 Å². The van der Waals surface area contributed by atoms with Gasteiger partial charge in [0, 0.05) is 48.4 Å². The van der Waals surface area contributed by atoms with E-state index in [0.717, 1.165) is 50.4 Å². The van der Waals surface area contributed by atoms with Gasteiger partial charge in [0.25, 0.3) is 0 Å². The maximum atomic E-state index is 16.3. The van der Waals surface area contributed by atoms with E-state index in [9.17, 15) is 0 Å². The van der Waals surface area contributed by atoms with E-state index in [-0.39, 0.29) is 16.8 Å². The van der Waals surface area contributed by atoms with Crippen molar-refractivity contribution in [3.63, 3.8) is 0 Å². The molecular formula is C34H36FN7OSi. The molecule has 0 atom stereocenters. The van der Waals surface area contributed by atoms with Gasteiger partial charge in [-0.2, -0.15) is 0 Å². The molecule has 0 aliphatic carbocycles. The fourth-order valence-corrected chi connectivity index (χ4v) is 6.10. The van der Waals surface area contributed by atoms with Crippen molar-refractivity contribution < 1.29 is 9.13 Å². The molecule has 5 heterocycles. The lowest BCUT2D eigenvalue weighted by atomic mass is 9.91. The lowest BCUT2D eigenvalue weighted by Gasteiger charge is -2.31. The van der Waals surface area contributed by atoms with Crippen molar-refractivity contribution in [1.82, 2.24) is 29.5 Å². The van der Waals surface area contributed by atoms with Crippen LogP contribution in [0, 0.1) is 31.1 Å². The number of aryl methyl sites for hydroxylation is 3. The first-order chi connectivity index (χ1) is 20.9. The van der Waals surface area contributed by atoms with E-state index in [2.05, 4.69) is 77.5 Å². The van der Waals surface area contributed by atoms with E-state index in [1.54, 1.807) is 24.7 Å². The van der Waals surface area contributed by atoms with Gasteiger partial charge in [0.2, 0.25) is 0 Å². The molecule has 0 spiro atoms. The van der Waals surface area contributed by atoms with Crippen LogP contribution in [0.5, 0.6) is 11.8 Å². The third kappa shape index (κ3) is 5.11. The van der Waals surface area contributed by atoms with Crippen molar-refractivity contribution in [2.45, 2.75) is 59.2 Å². The number of halogens is 1. The zero-order valence-corrected chi connectivity index (χ0v) is 27.4. The van der Waals surface area contributed by atoms with Crippen LogP contribution < -0.4 is 10.1 Å². The monoisotopic (exact) mass is 605 g/mol. The Hall–Kier alpha value is -4.62. The second-order valence-corrected chi connectivity index (χ2v) is 17.9. The lowest BCUT2D eigenvalue weighted by Crippen LogP contribution is -2.35. The highest BCUT2D eigenvalue weighted by molar-refractivity contribution is 6.87. The van der Waals surface area contributed by atoms with E-state index in [1.165, 1.54) is 0 Å². The van der Waals surface area contributed by atoms with Gasteiger partial charge in [-0.1, -0.05) is 45.9 Å². The molecule has 44 heavy (non-hydrogen) atoms. The molecule has 1 aromatic carbocycles. The molecule has 6 rings (SSSR count). The molecule has 0 bridgehead atoms. The molecular weight excluding hydrogens is 570 g/mol. The minimum absolute atomic E-state index is 0.0793. The van der Waals surface area contributed by atoms with Crippen molar-refractivity contribution in [1.29, 1.82) is 0 Å². The lowest BCUT2D eigenvalue weighted by molar-refractivity contribution is 0.407. The quantitative estimate of drug-likeness (QED) is 0.169. The van der Waals surface area contributed by atoms with Crippen LogP contribution in [-0.4, -0.2) is 44.1 Å². The smallest absolute Gasteiger partial charge is 0.322 e. The van der Waals surface area contributed by atoms with Gasteiger partial charge < -0.3 is 14.6 Å². The topological polar surface area (TPSA) is 90.6 Å². The zero-order valence-electron chi connectivity index (χ0n) is 26.4. The van der Waals surface area contributed by atoms with Gasteiger partial charge >= 0.3 is 6.01 Å². The van der Waals surface area contributed by atoms with Gasteiger partial charge in [0.15, 0.2) is 11.6 Å². The number of nitrogens with one attached hydrogen (secondary N) is 1. The molecule has 10 heteroatoms. The van der Waals surface area contributed by atoms with Crippen LogP contribution in [0.2, 0.25) is 18.1 Å². The summed E-state index contributed by atoms with van der Waals surface area (Å²) in [5, 5.41) is 4.40. The number of rotatable bonds is 3. The minimum atomic E-state index is -1.80. The molecule has 5 aromatic rings. The first-order valence-corrected chi connectivity index (χ1v) is 17.7. The molecule has 224 valence electrons. The average molecular weight is 606 g/mol. The summed E-state index contributed by atoms with van der Waals surface area (Å²) in [4.78, 5) is 22.4. The third-order valence-corrected chi connectivity index (χ3v) is 13.3. The highest BCUT2D eigenvalue weighted by Gasteiger charge is 2.34. The summed E-state index contributed by atoms with van der Waals surface area (Å²) in [6.07, 6.45) is 5.45. The van der Waals surface area contributed by atoms with Gasteiger partial charge in [-0.25, -0.2) is 29.3 Å². The molecule has 0 radical (unpaired) electrons. The Morgan fingerprint density at radius 3 is 2.57 bits per heavy atom. The van der Waals surface area contributed by atoms with Crippen molar-refractivity contribution in [2.24, 2.45) is 7.05 Å². The predicted molar refractivity (Wildman–Crippen MR) is 175 cm³/mol. The Morgan fingerprint density at radius 1 is 1.05 bits per heavy atom. The van der Waals surface area contributed by atoms with E-state index in [1.807, 2.05) is 36.9 Å². The molecule has 1 aliphatic heterocycles. The second kappa shape index (κ2) is 10.8. The summed E-state index contributed by atoms with van der Waals surface area (Å²) in [5.74, 6) is 3.71. The molecule has 4 aromatic heterocycles. The first-order valence-electron chi connectivity index (χ1n) is 14.7. The summed E-state index contributed by atoms with van der Waals surface area (Å²) < 4.78 is 24.1. The molecule has 0 amide bonds. The van der Waals surface area contributed by atoms with Gasteiger partial charge in [-0.15, -0.1) is 5.54 Å². The SMILES string of the molecule is Cc1ccnc(Oc2ccc3c(c2F)CCNc2ncnc4c2c-3c(-c2cnc(C#C[Si](C)(C)C(C)(C)C)cc2C)n4C)n1. The molecule has 0 saturated carbocycles. The molecule has 0 unspecified atom stereocenters. The average Bonchev–Trinajstić information content (AvgIpc) is 3.24. The van der Waals surface area contributed by atoms with E-state index in [4.69, 9.17) is 9.72 Å². The van der Waals surface area contributed by atoms with E-state index < -0.39 is 13.9 Å². The van der Waals surface area contributed by atoms with Gasteiger partial charge in [0.05, 0.1) is 11.1 Å². The van der Waals surface area contributed by atoms with Crippen LogP contribution in [0.15, 0.2) is 43.0 Å². The standard InChI is InChI=1S/C34H36FN7OSi/c1-20-17-22(13-16-44(7,8)34(3,4)5)38-18-25(20)30-27-23-9-10-26(43-33-37-14-11-21(2)41-33)29(35)24(23)12-15-36-31-28(27)32(42(30)6)40-19-39-31/h9-11,14,17-19H,12,15H2,1-8H3,(H,36,39,40). The number of hydrogen-bond acceptors (Lipinski definition) is 7. The number of hydrogen-bond donors (Lipinski definition) is 1. The number of fused-ring (bicyclic) bond motifs is 2. The summed E-state index contributed by atoms with van der Waals surface area (Å²) in [6.45, 7) is 15.7.